The molecule has 0 unspecified atom stereocenters. The van der Waals surface area contributed by atoms with Gasteiger partial charge in [0.1, 0.15) is 0 Å². The minimum atomic E-state index is -0.867. The molecule has 1 fully saturated rings. The van der Waals surface area contributed by atoms with E-state index < -0.39 is 5.97 Å². The number of nitrogens with one attached hydrogen (secondary N) is 1. The van der Waals surface area contributed by atoms with Crippen molar-refractivity contribution in [2.75, 3.05) is 26.8 Å². The van der Waals surface area contributed by atoms with Crippen molar-refractivity contribution >= 4 is 12.0 Å². The average Bonchev–Trinajstić information content (AvgIpc) is 3.13. The summed E-state index contributed by atoms with van der Waals surface area (Å²) in [6.07, 6.45) is 3.76. The Hall–Kier alpha value is -1.30. The Bertz CT molecular complexity index is 279. The van der Waals surface area contributed by atoms with Crippen molar-refractivity contribution in [2.24, 2.45) is 0 Å². The summed E-state index contributed by atoms with van der Waals surface area (Å²) in [7, 11) is 1.65. The molecule has 2 N–H and O–H groups in total. The first-order valence-corrected chi connectivity index (χ1v) is 6.40. The number of carboxylic acid groups (broad SMARTS) is 1. The molecule has 0 heterocycles. The standard InChI is InChI=1S/C12H22N2O4/c1-18-9-3-2-7-13-12(17)14(10-4-5-10)8-6-11(15)16/h10H,2-9H2,1H3,(H,13,17)(H,15,16). The van der Waals surface area contributed by atoms with E-state index in [1.807, 2.05) is 0 Å². The van der Waals surface area contributed by atoms with Crippen molar-refractivity contribution in [3.63, 3.8) is 0 Å². The minimum absolute atomic E-state index is 0.00753. The number of carbonyl (C=O) groups is 2. The zero-order valence-electron chi connectivity index (χ0n) is 10.9. The summed E-state index contributed by atoms with van der Waals surface area (Å²) in [6.45, 7) is 1.60. The lowest BCUT2D eigenvalue weighted by molar-refractivity contribution is -0.137. The van der Waals surface area contributed by atoms with E-state index in [-0.39, 0.29) is 18.5 Å². The van der Waals surface area contributed by atoms with Crippen LogP contribution in [0.1, 0.15) is 32.1 Å². The van der Waals surface area contributed by atoms with Gasteiger partial charge in [0.2, 0.25) is 0 Å². The van der Waals surface area contributed by atoms with Crippen LogP contribution in [0.5, 0.6) is 0 Å². The van der Waals surface area contributed by atoms with Crippen molar-refractivity contribution in [1.82, 2.24) is 10.2 Å². The fourth-order valence-electron chi connectivity index (χ4n) is 1.72. The number of carbonyl (C=O) groups excluding carboxylic acids is 1. The number of methoxy groups -OCH3 is 1. The largest absolute Gasteiger partial charge is 0.481 e. The number of hydrogen-bond acceptors (Lipinski definition) is 3. The Morgan fingerprint density at radius 2 is 2.11 bits per heavy atom. The molecule has 0 bridgehead atoms. The summed E-state index contributed by atoms with van der Waals surface area (Å²) in [5.41, 5.74) is 0. The number of urea groups is 1. The van der Waals surface area contributed by atoms with Gasteiger partial charge in [0.25, 0.3) is 0 Å². The van der Waals surface area contributed by atoms with E-state index in [0.29, 0.717) is 19.7 Å². The van der Waals surface area contributed by atoms with Crippen LogP contribution >= 0.6 is 0 Å². The monoisotopic (exact) mass is 258 g/mol. The SMILES string of the molecule is COCCCCNC(=O)N(CCC(=O)O)C1CC1. The van der Waals surface area contributed by atoms with Crippen LogP contribution in [-0.4, -0.2) is 54.9 Å². The third kappa shape index (κ3) is 5.86. The number of aliphatic carboxylic acids is 1. The van der Waals surface area contributed by atoms with E-state index in [4.69, 9.17) is 9.84 Å². The van der Waals surface area contributed by atoms with E-state index in [1.165, 1.54) is 0 Å². The van der Waals surface area contributed by atoms with Gasteiger partial charge in [0.05, 0.1) is 6.42 Å². The Morgan fingerprint density at radius 1 is 1.39 bits per heavy atom. The molecule has 0 aliphatic heterocycles. The van der Waals surface area contributed by atoms with Crippen molar-refractivity contribution < 1.29 is 19.4 Å². The minimum Gasteiger partial charge on any atom is -0.481 e. The molecule has 0 spiro atoms. The second-order valence-electron chi connectivity index (χ2n) is 4.50. The summed E-state index contributed by atoms with van der Waals surface area (Å²) in [5, 5.41) is 11.5. The number of amides is 2. The number of ether oxygens (including phenoxy) is 1. The van der Waals surface area contributed by atoms with Crippen molar-refractivity contribution in [3.8, 4) is 0 Å². The Balaban J connectivity index is 2.20. The molecule has 0 radical (unpaired) electrons. The summed E-state index contributed by atoms with van der Waals surface area (Å²) in [5.74, 6) is -0.867. The van der Waals surface area contributed by atoms with Crippen LogP contribution in [0.15, 0.2) is 0 Å². The van der Waals surface area contributed by atoms with Crippen molar-refractivity contribution in [2.45, 2.75) is 38.1 Å². The van der Waals surface area contributed by atoms with Gasteiger partial charge in [-0.2, -0.15) is 0 Å². The van der Waals surface area contributed by atoms with Gasteiger partial charge in [-0.25, -0.2) is 4.79 Å². The summed E-state index contributed by atoms with van der Waals surface area (Å²) in [6, 6.07) is 0.0968. The van der Waals surface area contributed by atoms with Crippen LogP contribution in [-0.2, 0) is 9.53 Å². The van der Waals surface area contributed by atoms with Crippen molar-refractivity contribution in [3.05, 3.63) is 0 Å². The predicted molar refractivity (Wildman–Crippen MR) is 66.5 cm³/mol. The fourth-order valence-corrected chi connectivity index (χ4v) is 1.72. The third-order valence-electron chi connectivity index (χ3n) is 2.87. The molecule has 2 amide bonds. The maximum Gasteiger partial charge on any atom is 0.317 e. The Kier molecular flexibility index (Phi) is 6.49. The van der Waals surface area contributed by atoms with Gasteiger partial charge in [-0.1, -0.05) is 0 Å². The van der Waals surface area contributed by atoms with Crippen LogP contribution in [0.25, 0.3) is 0 Å². The number of carboxylic acids is 1. The second-order valence-corrected chi connectivity index (χ2v) is 4.50. The molecule has 6 heteroatoms. The molecule has 6 nitrogen and oxygen atoms in total. The summed E-state index contributed by atoms with van der Waals surface area (Å²) >= 11 is 0. The highest BCUT2D eigenvalue weighted by Crippen LogP contribution is 2.26. The number of unbranched alkanes of at least 4 members (excludes halogenated alkanes) is 1. The lowest BCUT2D eigenvalue weighted by Gasteiger charge is -2.22. The van der Waals surface area contributed by atoms with Crippen molar-refractivity contribution in [1.29, 1.82) is 0 Å². The maximum atomic E-state index is 11.9. The first-order chi connectivity index (χ1) is 8.65. The molecular weight excluding hydrogens is 236 g/mol. The molecular formula is C12H22N2O4. The maximum absolute atomic E-state index is 11.9. The normalized spacial score (nSPS) is 14.3. The molecule has 0 saturated heterocycles. The first-order valence-electron chi connectivity index (χ1n) is 6.40. The smallest absolute Gasteiger partial charge is 0.317 e. The summed E-state index contributed by atoms with van der Waals surface area (Å²) in [4.78, 5) is 24.0. The third-order valence-corrected chi connectivity index (χ3v) is 2.87. The van der Waals surface area contributed by atoms with E-state index in [2.05, 4.69) is 5.32 Å². The highest BCUT2D eigenvalue weighted by molar-refractivity contribution is 5.76. The van der Waals surface area contributed by atoms with Crippen LogP contribution in [0.2, 0.25) is 0 Å². The lowest BCUT2D eigenvalue weighted by atomic mass is 10.3. The van der Waals surface area contributed by atoms with Crippen LogP contribution in [0.3, 0.4) is 0 Å². The Morgan fingerprint density at radius 3 is 2.67 bits per heavy atom. The molecule has 1 aliphatic rings. The van der Waals surface area contributed by atoms with E-state index >= 15 is 0 Å². The first kappa shape index (κ1) is 14.8. The van der Waals surface area contributed by atoms with Gasteiger partial charge in [0, 0.05) is 32.8 Å². The molecule has 18 heavy (non-hydrogen) atoms. The molecule has 1 rings (SSSR count). The number of hydrogen-bond donors (Lipinski definition) is 2. The number of rotatable bonds is 9. The average molecular weight is 258 g/mol. The lowest BCUT2D eigenvalue weighted by Crippen LogP contribution is -2.42. The van der Waals surface area contributed by atoms with E-state index in [1.54, 1.807) is 12.0 Å². The van der Waals surface area contributed by atoms with E-state index in [9.17, 15) is 9.59 Å². The molecule has 0 atom stereocenters. The highest BCUT2D eigenvalue weighted by Gasteiger charge is 2.32. The molecule has 1 aliphatic carbocycles. The molecule has 0 aromatic heterocycles. The zero-order chi connectivity index (χ0) is 13.4. The van der Waals surface area contributed by atoms with E-state index in [0.717, 1.165) is 25.7 Å². The van der Waals surface area contributed by atoms with Gasteiger partial charge in [0.15, 0.2) is 0 Å². The zero-order valence-corrected chi connectivity index (χ0v) is 10.9. The van der Waals surface area contributed by atoms with Crippen LogP contribution in [0, 0.1) is 0 Å². The molecule has 104 valence electrons. The van der Waals surface area contributed by atoms with Gasteiger partial charge in [-0.05, 0) is 25.7 Å². The molecule has 0 aromatic rings. The quantitative estimate of drug-likeness (QED) is 0.606. The van der Waals surface area contributed by atoms with Gasteiger partial charge < -0.3 is 20.1 Å². The van der Waals surface area contributed by atoms with Crippen LogP contribution in [0.4, 0.5) is 4.79 Å². The van der Waals surface area contributed by atoms with Gasteiger partial charge in [-0.15, -0.1) is 0 Å². The summed E-state index contributed by atoms with van der Waals surface area (Å²) < 4.78 is 4.92. The predicted octanol–water partition coefficient (Wildman–Crippen LogP) is 1.06. The van der Waals surface area contributed by atoms with Crippen LogP contribution < -0.4 is 5.32 Å². The topological polar surface area (TPSA) is 78.9 Å². The Labute approximate surface area is 107 Å². The molecule has 1 saturated carbocycles. The van der Waals surface area contributed by atoms with Gasteiger partial charge in [-0.3, -0.25) is 4.79 Å². The number of nitrogens with zero attached hydrogens (tertiary/aromatic N) is 1. The molecule has 0 aromatic carbocycles. The fraction of sp³-hybridized carbons (Fsp3) is 0.833. The van der Waals surface area contributed by atoms with Gasteiger partial charge >= 0.3 is 12.0 Å². The highest BCUT2D eigenvalue weighted by atomic mass is 16.5. The second kappa shape index (κ2) is 7.92.